The molecule has 0 aliphatic heterocycles. The smallest absolute Gasteiger partial charge is 0.0634 e. The predicted molar refractivity (Wildman–Crippen MR) is 128 cm³/mol. The number of hydrogen-bond donors (Lipinski definition) is 2. The summed E-state index contributed by atoms with van der Waals surface area (Å²) in [5.74, 6) is 4.82. The van der Waals surface area contributed by atoms with Gasteiger partial charge in [-0.2, -0.15) is 0 Å². The fraction of sp³-hybridized carbons (Fsp3) is 0.931. The topological polar surface area (TPSA) is 40.5 Å². The summed E-state index contributed by atoms with van der Waals surface area (Å²) in [6.45, 7) is 10.3. The molecule has 5 aliphatic rings. The van der Waals surface area contributed by atoms with Crippen molar-refractivity contribution in [2.45, 2.75) is 111 Å². The molecular formula is C29H48O2. The molecule has 4 fully saturated rings. The molecule has 5 aliphatic carbocycles. The number of aliphatic hydroxyl groups is 2. The quantitative estimate of drug-likeness (QED) is 0.459. The fourth-order valence-corrected chi connectivity index (χ4v) is 9.87. The molecule has 0 saturated heterocycles. The number of rotatable bonds is 6. The van der Waals surface area contributed by atoms with Crippen LogP contribution < -0.4 is 0 Å². The second kappa shape index (κ2) is 7.86. The van der Waals surface area contributed by atoms with Gasteiger partial charge < -0.3 is 10.2 Å². The molecule has 9 atom stereocenters. The van der Waals surface area contributed by atoms with E-state index in [1.54, 1.807) is 5.57 Å². The molecule has 0 aromatic carbocycles. The molecule has 2 N–H and O–H groups in total. The molecule has 31 heavy (non-hydrogen) atoms. The van der Waals surface area contributed by atoms with Crippen molar-refractivity contribution in [3.8, 4) is 0 Å². The van der Waals surface area contributed by atoms with Crippen molar-refractivity contribution in [1.29, 1.82) is 0 Å². The highest BCUT2D eigenvalue weighted by Crippen LogP contribution is 2.72. The van der Waals surface area contributed by atoms with E-state index in [-0.39, 0.29) is 11.5 Å². The van der Waals surface area contributed by atoms with Gasteiger partial charge >= 0.3 is 0 Å². The van der Waals surface area contributed by atoms with E-state index in [0.29, 0.717) is 23.4 Å². The largest absolute Gasteiger partial charge is 0.396 e. The van der Waals surface area contributed by atoms with Crippen molar-refractivity contribution in [2.75, 3.05) is 6.61 Å². The summed E-state index contributed by atoms with van der Waals surface area (Å²) in [6, 6.07) is 0. The zero-order valence-corrected chi connectivity index (χ0v) is 20.7. The van der Waals surface area contributed by atoms with Crippen molar-refractivity contribution in [3.05, 3.63) is 11.6 Å². The van der Waals surface area contributed by atoms with E-state index in [9.17, 15) is 10.2 Å². The first-order chi connectivity index (χ1) is 14.8. The zero-order chi connectivity index (χ0) is 22.0. The van der Waals surface area contributed by atoms with E-state index in [1.807, 2.05) is 0 Å². The minimum atomic E-state index is -0.0671. The maximum Gasteiger partial charge on any atom is 0.0634 e. The molecule has 0 bridgehead atoms. The Morgan fingerprint density at radius 3 is 2.45 bits per heavy atom. The van der Waals surface area contributed by atoms with E-state index < -0.39 is 0 Å². The van der Waals surface area contributed by atoms with E-state index in [2.05, 4.69) is 33.8 Å². The minimum Gasteiger partial charge on any atom is -0.396 e. The molecule has 0 aromatic heterocycles. The monoisotopic (exact) mass is 428 g/mol. The van der Waals surface area contributed by atoms with Crippen molar-refractivity contribution < 1.29 is 10.2 Å². The third-order valence-electron chi connectivity index (χ3n) is 11.8. The lowest BCUT2D eigenvalue weighted by atomic mass is 9.45. The maximum atomic E-state index is 10.8. The van der Waals surface area contributed by atoms with Gasteiger partial charge in [0.05, 0.1) is 6.10 Å². The molecule has 176 valence electrons. The van der Waals surface area contributed by atoms with Gasteiger partial charge in [-0.25, -0.2) is 0 Å². The van der Waals surface area contributed by atoms with Crippen LogP contribution in [0.5, 0.6) is 0 Å². The normalized spacial score (nSPS) is 47.2. The van der Waals surface area contributed by atoms with Gasteiger partial charge in [0.15, 0.2) is 0 Å². The van der Waals surface area contributed by atoms with Crippen molar-refractivity contribution >= 4 is 0 Å². The van der Waals surface area contributed by atoms with Gasteiger partial charge in [0.2, 0.25) is 0 Å². The summed E-state index contributed by atoms with van der Waals surface area (Å²) < 4.78 is 0. The lowest BCUT2D eigenvalue weighted by Crippen LogP contribution is -2.53. The van der Waals surface area contributed by atoms with Gasteiger partial charge in [0.25, 0.3) is 0 Å². The molecule has 0 unspecified atom stereocenters. The molecular weight excluding hydrogens is 380 g/mol. The number of allylic oxidation sites excluding steroid dienone is 1. The van der Waals surface area contributed by atoms with Crippen LogP contribution in [0.2, 0.25) is 0 Å². The first-order valence-corrected chi connectivity index (χ1v) is 13.8. The Balaban J connectivity index is 1.32. The Bertz CT molecular complexity index is 708. The van der Waals surface area contributed by atoms with Crippen molar-refractivity contribution in [3.63, 3.8) is 0 Å². The highest BCUT2D eigenvalue weighted by molar-refractivity contribution is 5.36. The average molecular weight is 429 g/mol. The van der Waals surface area contributed by atoms with Crippen LogP contribution in [0.25, 0.3) is 0 Å². The highest BCUT2D eigenvalue weighted by Gasteiger charge is 2.65. The Morgan fingerprint density at radius 1 is 0.968 bits per heavy atom. The van der Waals surface area contributed by atoms with Gasteiger partial charge in [-0.15, -0.1) is 0 Å². The Hall–Kier alpha value is -0.340. The molecule has 0 heterocycles. The summed E-state index contributed by atoms with van der Waals surface area (Å²) in [5, 5.41) is 20.2. The summed E-state index contributed by atoms with van der Waals surface area (Å²) in [6.07, 6.45) is 18.2. The summed E-state index contributed by atoms with van der Waals surface area (Å²) in [7, 11) is 0. The maximum absolute atomic E-state index is 10.8. The lowest BCUT2D eigenvalue weighted by molar-refractivity contribution is -0.0691. The van der Waals surface area contributed by atoms with Crippen LogP contribution in [0, 0.1) is 51.8 Å². The second-order valence-corrected chi connectivity index (χ2v) is 13.3. The fourth-order valence-electron chi connectivity index (χ4n) is 9.87. The van der Waals surface area contributed by atoms with Crippen LogP contribution in [0.1, 0.15) is 105 Å². The summed E-state index contributed by atoms with van der Waals surface area (Å²) >= 11 is 0. The van der Waals surface area contributed by atoms with Crippen LogP contribution >= 0.6 is 0 Å². The van der Waals surface area contributed by atoms with Gasteiger partial charge in [-0.1, -0.05) is 52.2 Å². The number of fused-ring (bicyclic) bond motifs is 6. The highest BCUT2D eigenvalue weighted by atomic mass is 16.3. The van der Waals surface area contributed by atoms with Crippen molar-refractivity contribution in [2.24, 2.45) is 51.8 Å². The Morgan fingerprint density at radius 2 is 1.74 bits per heavy atom. The zero-order valence-electron chi connectivity index (χ0n) is 20.7. The minimum absolute atomic E-state index is 0.0671. The van der Waals surface area contributed by atoms with Gasteiger partial charge in [-0.3, -0.25) is 0 Å². The van der Waals surface area contributed by atoms with Crippen LogP contribution in [0.15, 0.2) is 11.6 Å². The Kier molecular flexibility index (Phi) is 5.70. The molecule has 2 heteroatoms. The SMILES string of the molecule is C[C@@H](CO)CCC[C@@H](C)[C@H]1CC[C@H]2[C@@H]3CC=C4C5(CC5)[C@@H](O)CC[C@]4(C)[C@H]3CC[C@]12C. The van der Waals surface area contributed by atoms with Gasteiger partial charge in [0, 0.05) is 12.0 Å². The molecule has 2 nitrogen and oxygen atoms in total. The lowest BCUT2D eigenvalue weighted by Gasteiger charge is -2.60. The van der Waals surface area contributed by atoms with Crippen molar-refractivity contribution in [1.82, 2.24) is 0 Å². The molecule has 5 rings (SSSR count). The number of hydrogen-bond acceptors (Lipinski definition) is 2. The van der Waals surface area contributed by atoms with Crippen LogP contribution in [-0.2, 0) is 0 Å². The molecule has 0 radical (unpaired) electrons. The van der Waals surface area contributed by atoms with Crippen LogP contribution in [0.4, 0.5) is 0 Å². The van der Waals surface area contributed by atoms with Gasteiger partial charge in [-0.05, 0) is 111 Å². The van der Waals surface area contributed by atoms with E-state index in [1.165, 1.54) is 70.6 Å². The molecule has 4 saturated carbocycles. The molecule has 0 amide bonds. The summed E-state index contributed by atoms with van der Waals surface area (Å²) in [4.78, 5) is 0. The van der Waals surface area contributed by atoms with E-state index in [4.69, 9.17) is 0 Å². The Labute approximate surface area is 191 Å². The molecule has 0 aromatic rings. The first-order valence-electron chi connectivity index (χ1n) is 13.8. The standard InChI is InChI=1S/C29H48O2/c1-19(18-30)6-5-7-20(2)22-9-10-23-21-8-11-25-28(4,24(21)12-14-27(22,23)3)15-13-26(31)29(25)16-17-29/h11,19-24,26,30-31H,5-10,12-18H2,1-4H3/t19-,20-,21+,22-,23+,24+,26+,27-,28-/m1/s1. The van der Waals surface area contributed by atoms with E-state index in [0.717, 1.165) is 36.0 Å². The average Bonchev–Trinajstić information content (AvgIpc) is 3.45. The van der Waals surface area contributed by atoms with Crippen LogP contribution in [-0.4, -0.2) is 22.9 Å². The van der Waals surface area contributed by atoms with E-state index >= 15 is 0 Å². The first kappa shape index (κ1) is 22.5. The van der Waals surface area contributed by atoms with Crippen LogP contribution in [0.3, 0.4) is 0 Å². The molecule has 1 spiro atoms. The summed E-state index contributed by atoms with van der Waals surface area (Å²) in [5.41, 5.74) is 2.79. The predicted octanol–water partition coefficient (Wildman–Crippen LogP) is 6.75. The van der Waals surface area contributed by atoms with Gasteiger partial charge in [0.1, 0.15) is 0 Å². The number of aliphatic hydroxyl groups excluding tert-OH is 2. The third kappa shape index (κ3) is 3.32. The third-order valence-corrected chi connectivity index (χ3v) is 11.8. The second-order valence-electron chi connectivity index (χ2n) is 13.3.